The molecule has 0 aliphatic rings. The maximum Gasteiger partial charge on any atom is 0.160 e. The molecule has 1 nitrogen and oxygen atoms in total. The molecule has 0 amide bonds. The van der Waals surface area contributed by atoms with Crippen LogP contribution in [0.5, 0.6) is 0 Å². The van der Waals surface area contributed by atoms with Crippen LogP contribution in [0.3, 0.4) is 0 Å². The molecule has 0 aromatic heterocycles. The van der Waals surface area contributed by atoms with E-state index < -0.39 is 0 Å². The molecule has 0 atom stereocenters. The topological polar surface area (TPSA) is 17.1 Å². The second-order valence-corrected chi connectivity index (χ2v) is 5.21. The highest BCUT2D eigenvalue weighted by Crippen LogP contribution is 2.25. The van der Waals surface area contributed by atoms with Crippen molar-refractivity contribution in [3.8, 4) is 0 Å². The van der Waals surface area contributed by atoms with Crippen LogP contribution in [-0.4, -0.2) is 11.5 Å². The standard InChI is InChI=1S/C15H22OS/c1-7-12(5)15(11(3)4)14(13(6)16)9-10-17-8-2/h7,9-11H,1,5,8H2,2-4,6H3/b10-9-,15-14-. The lowest BCUT2D eigenvalue weighted by atomic mass is 9.89. The lowest BCUT2D eigenvalue weighted by Gasteiger charge is -2.15. The summed E-state index contributed by atoms with van der Waals surface area (Å²) in [5, 5.41) is 1.97. The van der Waals surface area contributed by atoms with Crippen LogP contribution in [0.15, 0.2) is 47.4 Å². The minimum absolute atomic E-state index is 0.0738. The van der Waals surface area contributed by atoms with Crippen molar-refractivity contribution in [1.82, 2.24) is 0 Å². The van der Waals surface area contributed by atoms with Crippen LogP contribution in [0.2, 0.25) is 0 Å². The fourth-order valence-corrected chi connectivity index (χ4v) is 2.00. The zero-order valence-corrected chi connectivity index (χ0v) is 12.1. The summed E-state index contributed by atoms with van der Waals surface area (Å²) in [4.78, 5) is 11.7. The van der Waals surface area contributed by atoms with E-state index in [1.165, 1.54) is 0 Å². The molecule has 0 spiro atoms. The Labute approximate surface area is 109 Å². The molecule has 0 unspecified atom stereocenters. The predicted molar refractivity (Wildman–Crippen MR) is 79.2 cm³/mol. The number of hydrogen-bond donors (Lipinski definition) is 0. The van der Waals surface area contributed by atoms with Gasteiger partial charge in [-0.05, 0) is 41.2 Å². The molecular formula is C15H22OS. The average Bonchev–Trinajstić information content (AvgIpc) is 2.26. The van der Waals surface area contributed by atoms with Crippen molar-refractivity contribution in [1.29, 1.82) is 0 Å². The highest BCUT2D eigenvalue weighted by Gasteiger charge is 2.13. The van der Waals surface area contributed by atoms with E-state index in [4.69, 9.17) is 0 Å². The Morgan fingerprint density at radius 3 is 2.35 bits per heavy atom. The Kier molecular flexibility index (Phi) is 7.64. The van der Waals surface area contributed by atoms with E-state index >= 15 is 0 Å². The van der Waals surface area contributed by atoms with Crippen LogP contribution >= 0.6 is 11.8 Å². The normalized spacial score (nSPS) is 12.8. The van der Waals surface area contributed by atoms with Gasteiger partial charge in [-0.25, -0.2) is 0 Å². The quantitative estimate of drug-likeness (QED) is 0.487. The van der Waals surface area contributed by atoms with Crippen LogP contribution in [0, 0.1) is 5.92 Å². The summed E-state index contributed by atoms with van der Waals surface area (Å²) in [7, 11) is 0. The van der Waals surface area contributed by atoms with Crippen molar-refractivity contribution in [3.63, 3.8) is 0 Å². The molecule has 0 radical (unpaired) electrons. The van der Waals surface area contributed by atoms with Gasteiger partial charge in [-0.1, -0.05) is 40.0 Å². The highest BCUT2D eigenvalue weighted by molar-refractivity contribution is 8.02. The van der Waals surface area contributed by atoms with Gasteiger partial charge in [-0.15, -0.1) is 11.8 Å². The molecule has 0 heterocycles. The molecule has 17 heavy (non-hydrogen) atoms. The summed E-state index contributed by atoms with van der Waals surface area (Å²) < 4.78 is 0. The van der Waals surface area contributed by atoms with E-state index in [1.54, 1.807) is 24.8 Å². The Balaban J connectivity index is 5.51. The smallest absolute Gasteiger partial charge is 0.160 e. The third-order valence-electron chi connectivity index (χ3n) is 2.34. The molecule has 0 aromatic carbocycles. The lowest BCUT2D eigenvalue weighted by Crippen LogP contribution is -2.06. The first-order chi connectivity index (χ1) is 7.95. The van der Waals surface area contributed by atoms with Gasteiger partial charge in [-0.2, -0.15) is 0 Å². The predicted octanol–water partition coefficient (Wildman–Crippen LogP) is 4.54. The van der Waals surface area contributed by atoms with Crippen molar-refractivity contribution in [2.45, 2.75) is 27.7 Å². The van der Waals surface area contributed by atoms with Gasteiger partial charge >= 0.3 is 0 Å². The summed E-state index contributed by atoms with van der Waals surface area (Å²) in [6.45, 7) is 15.5. The van der Waals surface area contributed by atoms with Gasteiger partial charge in [-0.3, -0.25) is 4.79 Å². The van der Waals surface area contributed by atoms with E-state index in [-0.39, 0.29) is 11.7 Å². The summed E-state index contributed by atoms with van der Waals surface area (Å²) in [6, 6.07) is 0. The van der Waals surface area contributed by atoms with Crippen LogP contribution in [0.4, 0.5) is 0 Å². The van der Waals surface area contributed by atoms with Gasteiger partial charge in [0.15, 0.2) is 5.78 Å². The second kappa shape index (κ2) is 8.13. The minimum atomic E-state index is 0.0738. The zero-order valence-electron chi connectivity index (χ0n) is 11.2. The Morgan fingerprint density at radius 2 is 2.00 bits per heavy atom. The number of hydrogen-bond acceptors (Lipinski definition) is 2. The average molecular weight is 250 g/mol. The molecule has 0 saturated heterocycles. The molecule has 0 fully saturated rings. The lowest BCUT2D eigenvalue weighted by molar-refractivity contribution is -0.113. The van der Waals surface area contributed by atoms with E-state index in [0.29, 0.717) is 0 Å². The molecular weight excluding hydrogens is 228 g/mol. The molecule has 0 aromatic rings. The van der Waals surface area contributed by atoms with Crippen molar-refractivity contribution in [2.75, 3.05) is 5.75 Å². The Hall–Kier alpha value is -1.02. The van der Waals surface area contributed by atoms with Gasteiger partial charge in [0.25, 0.3) is 0 Å². The molecule has 0 aliphatic heterocycles. The first-order valence-corrected chi connectivity index (χ1v) is 6.85. The van der Waals surface area contributed by atoms with E-state index in [9.17, 15) is 4.79 Å². The fourth-order valence-electron chi connectivity index (χ4n) is 1.57. The maximum absolute atomic E-state index is 11.7. The monoisotopic (exact) mass is 250 g/mol. The third-order valence-corrected chi connectivity index (χ3v) is 3.00. The molecule has 0 aliphatic carbocycles. The van der Waals surface area contributed by atoms with Gasteiger partial charge in [0.2, 0.25) is 0 Å². The Bertz CT molecular complexity index is 359. The number of allylic oxidation sites excluding steroid dienone is 5. The largest absolute Gasteiger partial charge is 0.295 e. The van der Waals surface area contributed by atoms with Crippen molar-refractivity contribution in [2.24, 2.45) is 5.92 Å². The minimum Gasteiger partial charge on any atom is -0.295 e. The van der Waals surface area contributed by atoms with Crippen LogP contribution in [0.1, 0.15) is 27.7 Å². The number of rotatable bonds is 7. The molecule has 2 heteroatoms. The molecule has 0 bridgehead atoms. The number of carbonyl (C=O) groups excluding carboxylic acids is 1. The first kappa shape index (κ1) is 16.0. The van der Waals surface area contributed by atoms with Gasteiger partial charge < -0.3 is 0 Å². The van der Waals surface area contributed by atoms with Gasteiger partial charge in [0.1, 0.15) is 0 Å². The van der Waals surface area contributed by atoms with Crippen molar-refractivity contribution >= 4 is 17.5 Å². The number of thioether (sulfide) groups is 1. The summed E-state index contributed by atoms with van der Waals surface area (Å²) in [6.07, 6.45) is 3.60. The second-order valence-electron chi connectivity index (χ2n) is 4.03. The SMILES string of the molecule is C=CC(=C)/C(=C(/C=C\SCC)C(C)=O)C(C)C. The molecule has 0 rings (SSSR count). The van der Waals surface area contributed by atoms with Crippen LogP contribution < -0.4 is 0 Å². The summed E-state index contributed by atoms with van der Waals surface area (Å²) in [5.74, 6) is 1.33. The Morgan fingerprint density at radius 1 is 1.41 bits per heavy atom. The zero-order chi connectivity index (χ0) is 13.4. The van der Waals surface area contributed by atoms with E-state index in [0.717, 1.165) is 22.5 Å². The molecule has 0 N–H and O–H groups in total. The van der Waals surface area contributed by atoms with Gasteiger partial charge in [0.05, 0.1) is 0 Å². The third kappa shape index (κ3) is 5.22. The van der Waals surface area contributed by atoms with Crippen molar-refractivity contribution < 1.29 is 4.79 Å². The molecule has 94 valence electrons. The van der Waals surface area contributed by atoms with Crippen LogP contribution in [0.25, 0.3) is 0 Å². The molecule has 0 saturated carbocycles. The van der Waals surface area contributed by atoms with E-state index in [2.05, 4.69) is 33.9 Å². The van der Waals surface area contributed by atoms with Gasteiger partial charge in [0, 0.05) is 5.57 Å². The number of ketones is 1. The summed E-state index contributed by atoms with van der Waals surface area (Å²) in [5.41, 5.74) is 2.56. The van der Waals surface area contributed by atoms with E-state index in [1.807, 2.05) is 11.5 Å². The first-order valence-electron chi connectivity index (χ1n) is 5.80. The van der Waals surface area contributed by atoms with Crippen LogP contribution in [-0.2, 0) is 4.79 Å². The maximum atomic E-state index is 11.7. The number of Topliss-reactive ketones (excluding diaryl/α,β-unsaturated/α-hetero) is 1. The number of carbonyl (C=O) groups is 1. The fraction of sp³-hybridized carbons (Fsp3) is 0.400. The summed E-state index contributed by atoms with van der Waals surface area (Å²) >= 11 is 1.68. The van der Waals surface area contributed by atoms with Crippen molar-refractivity contribution in [3.05, 3.63) is 47.4 Å². The highest BCUT2D eigenvalue weighted by atomic mass is 32.2.